The van der Waals surface area contributed by atoms with E-state index in [1.54, 1.807) is 20.8 Å². The molecule has 0 radical (unpaired) electrons. The first-order valence-corrected chi connectivity index (χ1v) is 12.6. The van der Waals surface area contributed by atoms with E-state index in [2.05, 4.69) is 18.6 Å². The maximum Gasteiger partial charge on any atom is 0.360 e. The Morgan fingerprint density at radius 2 is 1.68 bits per heavy atom. The molecule has 1 heterocycles. The Bertz CT molecular complexity index is 960. The van der Waals surface area contributed by atoms with Gasteiger partial charge in [0.05, 0.1) is 11.5 Å². The third-order valence-corrected chi connectivity index (χ3v) is 6.39. The molecule has 1 aromatic rings. The standard InChI is InChI=1S/C11H15N3O5S.C4H10O5S2/c1-11(2,3)19-7(15)4-18-14-8(9(16)17)6-5-20-10(12)13-6;1-3-10(5,6)9-11(7,8)4-2/h5H,4H2,1-3H3,(H2,12,13)(H,16,17);3-4H2,1-2H3. The average Bonchev–Trinajstić information content (AvgIpc) is 3.02. The number of oxime groups is 1. The van der Waals surface area contributed by atoms with Crippen molar-refractivity contribution in [1.29, 1.82) is 0 Å². The number of thiazole rings is 1. The maximum atomic E-state index is 11.4. The zero-order valence-corrected chi connectivity index (χ0v) is 20.0. The summed E-state index contributed by atoms with van der Waals surface area (Å²) in [6.07, 6.45) is 0. The summed E-state index contributed by atoms with van der Waals surface area (Å²) < 4.78 is 51.1. The van der Waals surface area contributed by atoms with Gasteiger partial charge in [0.25, 0.3) is 20.2 Å². The molecule has 31 heavy (non-hydrogen) atoms. The number of carbonyl (C=O) groups is 2. The summed E-state index contributed by atoms with van der Waals surface area (Å²) in [5.74, 6) is -2.67. The summed E-state index contributed by atoms with van der Waals surface area (Å²) in [6.45, 7) is 7.23. The summed E-state index contributed by atoms with van der Waals surface area (Å²) in [5.41, 5.74) is 4.40. The third kappa shape index (κ3) is 12.9. The van der Waals surface area contributed by atoms with Crippen molar-refractivity contribution in [3.63, 3.8) is 0 Å². The highest BCUT2D eigenvalue weighted by atomic mass is 32.3. The number of hydrogen-bond donors (Lipinski definition) is 2. The predicted molar refractivity (Wildman–Crippen MR) is 113 cm³/mol. The Kier molecular flexibility index (Phi) is 11.0. The number of carboxylic acids is 1. The van der Waals surface area contributed by atoms with Crippen LogP contribution in [0.4, 0.5) is 5.13 Å². The van der Waals surface area contributed by atoms with E-state index in [0.717, 1.165) is 11.3 Å². The highest BCUT2D eigenvalue weighted by molar-refractivity contribution is 7.99. The molecule has 0 saturated heterocycles. The fourth-order valence-corrected chi connectivity index (χ4v) is 3.95. The fraction of sp³-hybridized carbons (Fsp3) is 0.600. The largest absolute Gasteiger partial charge is 0.476 e. The molecule has 0 saturated carbocycles. The zero-order valence-electron chi connectivity index (χ0n) is 17.5. The lowest BCUT2D eigenvalue weighted by Gasteiger charge is -2.18. The zero-order chi connectivity index (χ0) is 24.5. The number of aliphatic carboxylic acids is 1. The van der Waals surface area contributed by atoms with E-state index in [-0.39, 0.29) is 22.3 Å². The predicted octanol–water partition coefficient (Wildman–Crippen LogP) is 0.575. The third-order valence-electron chi connectivity index (χ3n) is 2.64. The van der Waals surface area contributed by atoms with Crippen LogP contribution >= 0.6 is 11.3 Å². The van der Waals surface area contributed by atoms with Gasteiger partial charge in [0, 0.05) is 5.38 Å². The van der Waals surface area contributed by atoms with Gasteiger partial charge in [-0.3, -0.25) is 0 Å². The number of aromatic nitrogens is 1. The number of esters is 1. The minimum absolute atomic E-state index is 0.0733. The molecule has 16 heteroatoms. The lowest BCUT2D eigenvalue weighted by atomic mass is 10.2. The van der Waals surface area contributed by atoms with E-state index in [4.69, 9.17) is 15.6 Å². The number of ether oxygens (including phenoxy) is 1. The molecule has 1 aromatic heterocycles. The second-order valence-corrected chi connectivity index (χ2v) is 11.3. The lowest BCUT2D eigenvalue weighted by Crippen LogP contribution is -2.26. The summed E-state index contributed by atoms with van der Waals surface area (Å²) >= 11 is 1.07. The maximum absolute atomic E-state index is 11.4. The van der Waals surface area contributed by atoms with Gasteiger partial charge in [-0.25, -0.2) is 14.6 Å². The first-order chi connectivity index (χ1) is 14.0. The van der Waals surface area contributed by atoms with Crippen LogP contribution in [-0.4, -0.2) is 68.3 Å². The minimum Gasteiger partial charge on any atom is -0.476 e. The molecule has 0 aromatic carbocycles. The van der Waals surface area contributed by atoms with Crippen molar-refractivity contribution < 1.29 is 44.7 Å². The number of hydrogen-bond acceptors (Lipinski definition) is 13. The van der Waals surface area contributed by atoms with E-state index in [9.17, 15) is 26.4 Å². The molecule has 0 amide bonds. The Morgan fingerprint density at radius 1 is 1.16 bits per heavy atom. The second-order valence-electron chi connectivity index (χ2n) is 6.44. The van der Waals surface area contributed by atoms with Gasteiger partial charge in [-0.15, -0.1) is 15.0 Å². The molecular formula is C15H25N3O10S3. The van der Waals surface area contributed by atoms with Gasteiger partial charge in [-0.2, -0.15) is 16.8 Å². The first-order valence-electron chi connectivity index (χ1n) is 8.54. The normalized spacial score (nSPS) is 12.5. The Labute approximate surface area is 184 Å². The monoisotopic (exact) mass is 503 g/mol. The molecule has 3 N–H and O–H groups in total. The molecule has 0 aliphatic heterocycles. The number of carbonyl (C=O) groups excluding carboxylic acids is 1. The number of nitrogens with zero attached hydrogens (tertiary/aromatic N) is 2. The number of nitrogens with two attached hydrogens (primary N) is 1. The lowest BCUT2D eigenvalue weighted by molar-refractivity contribution is -0.160. The number of nitrogen functional groups attached to an aromatic ring is 1. The van der Waals surface area contributed by atoms with Gasteiger partial charge in [0.15, 0.2) is 5.13 Å². The van der Waals surface area contributed by atoms with E-state index in [1.807, 2.05) is 0 Å². The van der Waals surface area contributed by atoms with Crippen LogP contribution in [0.1, 0.15) is 40.3 Å². The van der Waals surface area contributed by atoms with Crippen molar-refractivity contribution in [2.24, 2.45) is 5.16 Å². The van der Waals surface area contributed by atoms with E-state index >= 15 is 0 Å². The molecule has 178 valence electrons. The van der Waals surface area contributed by atoms with Crippen LogP contribution < -0.4 is 5.73 Å². The van der Waals surface area contributed by atoms with E-state index in [1.165, 1.54) is 19.2 Å². The van der Waals surface area contributed by atoms with Gasteiger partial charge >= 0.3 is 11.9 Å². The van der Waals surface area contributed by atoms with Crippen LogP contribution in [-0.2, 0) is 43.0 Å². The molecule has 0 fully saturated rings. The van der Waals surface area contributed by atoms with Crippen LogP contribution in [0.25, 0.3) is 0 Å². The number of rotatable bonds is 9. The Hall–Kier alpha value is -2.30. The van der Waals surface area contributed by atoms with Gasteiger partial charge in [-0.05, 0) is 34.6 Å². The molecule has 0 aliphatic carbocycles. The molecule has 0 spiro atoms. The van der Waals surface area contributed by atoms with Gasteiger partial charge in [-0.1, -0.05) is 5.16 Å². The van der Waals surface area contributed by atoms with Crippen molar-refractivity contribution in [3.8, 4) is 0 Å². The second kappa shape index (κ2) is 11.9. The van der Waals surface area contributed by atoms with Crippen LogP contribution in [0, 0.1) is 0 Å². The van der Waals surface area contributed by atoms with Crippen LogP contribution in [0.3, 0.4) is 0 Å². The van der Waals surface area contributed by atoms with Crippen molar-refractivity contribution >= 4 is 54.4 Å². The van der Waals surface area contributed by atoms with Crippen molar-refractivity contribution in [1.82, 2.24) is 4.98 Å². The summed E-state index contributed by atoms with van der Waals surface area (Å²) in [5, 5.41) is 14.0. The van der Waals surface area contributed by atoms with Gasteiger partial charge in [0.1, 0.15) is 11.3 Å². The molecule has 0 bridgehead atoms. The van der Waals surface area contributed by atoms with Crippen LogP contribution in [0.2, 0.25) is 0 Å². The minimum atomic E-state index is -3.88. The molecular weight excluding hydrogens is 478 g/mol. The highest BCUT2D eigenvalue weighted by Gasteiger charge is 2.20. The fourth-order valence-electron chi connectivity index (χ4n) is 1.37. The van der Waals surface area contributed by atoms with Crippen LogP contribution in [0.15, 0.2) is 10.5 Å². The van der Waals surface area contributed by atoms with Crippen molar-refractivity contribution in [3.05, 3.63) is 11.1 Å². The molecule has 0 unspecified atom stereocenters. The summed E-state index contributed by atoms with van der Waals surface area (Å²) in [7, 11) is -7.75. The van der Waals surface area contributed by atoms with Crippen molar-refractivity contribution in [2.45, 2.75) is 40.2 Å². The molecule has 0 aliphatic rings. The van der Waals surface area contributed by atoms with Crippen LogP contribution in [0.5, 0.6) is 0 Å². The smallest absolute Gasteiger partial charge is 0.360 e. The average molecular weight is 504 g/mol. The topological polar surface area (TPSA) is 202 Å². The molecule has 1 rings (SSSR count). The quantitative estimate of drug-likeness (QED) is 0.270. The number of carboxylic acid groups (broad SMARTS) is 1. The summed E-state index contributed by atoms with van der Waals surface area (Å²) in [6, 6.07) is 0. The van der Waals surface area contributed by atoms with E-state index < -0.39 is 50.1 Å². The first kappa shape index (κ1) is 28.7. The Morgan fingerprint density at radius 3 is 2.03 bits per heavy atom. The Balaban J connectivity index is 0.000000695. The molecule has 13 nitrogen and oxygen atoms in total. The molecule has 0 atom stereocenters. The van der Waals surface area contributed by atoms with Gasteiger partial charge in [0.2, 0.25) is 12.3 Å². The summed E-state index contributed by atoms with van der Waals surface area (Å²) in [4.78, 5) is 30.8. The SMILES string of the molecule is CC(C)(C)OC(=O)CON=C(C(=O)O)c1csc(N)n1.CCS(=O)(=O)OS(=O)(=O)CC. The van der Waals surface area contributed by atoms with E-state index in [0.29, 0.717) is 0 Å². The van der Waals surface area contributed by atoms with Crippen molar-refractivity contribution in [2.75, 3.05) is 23.8 Å². The number of anilines is 1. The highest BCUT2D eigenvalue weighted by Crippen LogP contribution is 2.12. The van der Waals surface area contributed by atoms with Gasteiger partial charge < -0.3 is 20.4 Å².